The van der Waals surface area contributed by atoms with Crippen LogP contribution >= 0.6 is 31.9 Å². The summed E-state index contributed by atoms with van der Waals surface area (Å²) in [6.45, 7) is 2.28. The number of halogens is 2. The molecule has 0 unspecified atom stereocenters. The Hall–Kier alpha value is -0.140. The van der Waals surface area contributed by atoms with E-state index in [1.807, 2.05) is 19.1 Å². The van der Waals surface area contributed by atoms with Crippen LogP contribution < -0.4 is 10.1 Å². The van der Waals surface area contributed by atoms with E-state index in [0.717, 1.165) is 20.3 Å². The van der Waals surface area contributed by atoms with Crippen molar-refractivity contribution in [1.82, 2.24) is 5.32 Å². The molecule has 0 atom stereocenters. The summed E-state index contributed by atoms with van der Waals surface area (Å²) in [6.07, 6.45) is 0.651. The van der Waals surface area contributed by atoms with Gasteiger partial charge in [0.15, 0.2) is 0 Å². The standard InChI is InChI=1S/C13H19Br2NO3/c1-3-13(7-17,8-18)16-6-9-4-10(14)12(19-2)11(15)5-9/h4-5,16-18H,3,6-8H2,1-2H3. The van der Waals surface area contributed by atoms with E-state index in [-0.39, 0.29) is 13.2 Å². The molecule has 108 valence electrons. The second-order valence-corrected chi connectivity index (χ2v) is 6.11. The summed E-state index contributed by atoms with van der Waals surface area (Å²) >= 11 is 6.90. The van der Waals surface area contributed by atoms with Crippen LogP contribution in [-0.4, -0.2) is 36.1 Å². The van der Waals surface area contributed by atoms with Crippen molar-refractivity contribution < 1.29 is 14.9 Å². The van der Waals surface area contributed by atoms with Crippen LogP contribution in [0.3, 0.4) is 0 Å². The van der Waals surface area contributed by atoms with Gasteiger partial charge in [0.05, 0.1) is 34.8 Å². The normalized spacial score (nSPS) is 11.7. The van der Waals surface area contributed by atoms with Crippen LogP contribution in [-0.2, 0) is 6.54 Å². The topological polar surface area (TPSA) is 61.7 Å². The zero-order chi connectivity index (χ0) is 14.5. The molecule has 0 bridgehead atoms. The van der Waals surface area contributed by atoms with Gasteiger partial charge in [0.2, 0.25) is 0 Å². The number of hydrogen-bond donors (Lipinski definition) is 3. The molecule has 1 rings (SSSR count). The first-order valence-corrected chi connectivity index (χ1v) is 7.59. The van der Waals surface area contributed by atoms with Crippen LogP contribution in [0.2, 0.25) is 0 Å². The number of methoxy groups -OCH3 is 1. The largest absolute Gasteiger partial charge is 0.494 e. The highest BCUT2D eigenvalue weighted by Gasteiger charge is 2.25. The van der Waals surface area contributed by atoms with Crippen LogP contribution in [0.4, 0.5) is 0 Å². The van der Waals surface area contributed by atoms with Gasteiger partial charge in [-0.15, -0.1) is 0 Å². The average Bonchev–Trinajstić information content (AvgIpc) is 2.41. The summed E-state index contributed by atoms with van der Waals surface area (Å²) in [5.74, 6) is 0.745. The third kappa shape index (κ3) is 4.16. The highest BCUT2D eigenvalue weighted by atomic mass is 79.9. The lowest BCUT2D eigenvalue weighted by Crippen LogP contribution is -2.50. The van der Waals surface area contributed by atoms with Crippen molar-refractivity contribution in [3.8, 4) is 5.75 Å². The van der Waals surface area contributed by atoms with E-state index in [4.69, 9.17) is 4.74 Å². The molecule has 0 fully saturated rings. The number of ether oxygens (including phenoxy) is 1. The molecule has 1 aromatic rings. The molecule has 0 heterocycles. The minimum atomic E-state index is -0.640. The monoisotopic (exact) mass is 395 g/mol. The molecule has 0 aliphatic carbocycles. The summed E-state index contributed by atoms with van der Waals surface area (Å²) < 4.78 is 6.96. The Morgan fingerprint density at radius 2 is 1.74 bits per heavy atom. The SMILES string of the molecule is CCC(CO)(CO)NCc1cc(Br)c(OC)c(Br)c1. The molecule has 0 aliphatic heterocycles. The first-order chi connectivity index (χ1) is 9.01. The second-order valence-electron chi connectivity index (χ2n) is 4.40. The van der Waals surface area contributed by atoms with Crippen molar-refractivity contribution in [3.05, 3.63) is 26.6 Å². The number of rotatable bonds is 7. The summed E-state index contributed by atoms with van der Waals surface area (Å²) in [7, 11) is 1.61. The highest BCUT2D eigenvalue weighted by Crippen LogP contribution is 2.34. The Labute approximate surface area is 130 Å². The van der Waals surface area contributed by atoms with Gasteiger partial charge in [-0.25, -0.2) is 0 Å². The van der Waals surface area contributed by atoms with Crippen LogP contribution in [0, 0.1) is 0 Å². The number of benzene rings is 1. The van der Waals surface area contributed by atoms with Gasteiger partial charge in [-0.2, -0.15) is 0 Å². The third-order valence-electron chi connectivity index (χ3n) is 3.21. The molecule has 0 radical (unpaired) electrons. The molecule has 0 aromatic heterocycles. The van der Waals surface area contributed by atoms with Gasteiger partial charge in [-0.1, -0.05) is 6.92 Å². The van der Waals surface area contributed by atoms with Gasteiger partial charge in [0.1, 0.15) is 5.75 Å². The van der Waals surface area contributed by atoms with E-state index < -0.39 is 5.54 Å². The van der Waals surface area contributed by atoms with E-state index >= 15 is 0 Å². The minimum absolute atomic E-state index is 0.0987. The lowest BCUT2D eigenvalue weighted by Gasteiger charge is -2.30. The predicted molar refractivity (Wildman–Crippen MR) is 82.4 cm³/mol. The molecular weight excluding hydrogens is 378 g/mol. The van der Waals surface area contributed by atoms with Crippen LogP contribution in [0.15, 0.2) is 21.1 Å². The molecule has 3 N–H and O–H groups in total. The van der Waals surface area contributed by atoms with E-state index in [0.29, 0.717) is 13.0 Å². The third-order valence-corrected chi connectivity index (χ3v) is 4.39. The summed E-state index contributed by atoms with van der Waals surface area (Å²) in [4.78, 5) is 0. The van der Waals surface area contributed by atoms with Crippen molar-refractivity contribution in [2.24, 2.45) is 0 Å². The minimum Gasteiger partial charge on any atom is -0.494 e. The van der Waals surface area contributed by atoms with E-state index in [9.17, 15) is 10.2 Å². The Morgan fingerprint density at radius 1 is 1.21 bits per heavy atom. The van der Waals surface area contributed by atoms with Gasteiger partial charge < -0.3 is 20.3 Å². The molecule has 0 aliphatic rings. The van der Waals surface area contributed by atoms with E-state index in [1.165, 1.54) is 0 Å². The second kappa shape index (κ2) is 7.59. The Balaban J connectivity index is 2.84. The van der Waals surface area contributed by atoms with Crippen molar-refractivity contribution >= 4 is 31.9 Å². The fourth-order valence-corrected chi connectivity index (χ4v) is 3.31. The fourth-order valence-electron chi connectivity index (χ4n) is 1.71. The van der Waals surface area contributed by atoms with Crippen molar-refractivity contribution in [2.75, 3.05) is 20.3 Å². The van der Waals surface area contributed by atoms with Gasteiger partial charge in [0.25, 0.3) is 0 Å². The summed E-state index contributed by atoms with van der Waals surface area (Å²) in [5.41, 5.74) is 0.387. The van der Waals surface area contributed by atoms with Gasteiger partial charge >= 0.3 is 0 Å². The zero-order valence-electron chi connectivity index (χ0n) is 11.0. The van der Waals surface area contributed by atoms with Crippen molar-refractivity contribution in [3.63, 3.8) is 0 Å². The molecule has 4 nitrogen and oxygen atoms in total. The molecule has 0 saturated carbocycles. The Kier molecular flexibility index (Phi) is 6.76. The maximum Gasteiger partial charge on any atom is 0.147 e. The molecule has 1 aromatic carbocycles. The number of aliphatic hydroxyl groups is 2. The lowest BCUT2D eigenvalue weighted by molar-refractivity contribution is 0.0864. The number of hydrogen-bond acceptors (Lipinski definition) is 4. The quantitative estimate of drug-likeness (QED) is 0.662. The van der Waals surface area contributed by atoms with Crippen molar-refractivity contribution in [1.29, 1.82) is 0 Å². The Morgan fingerprint density at radius 3 is 2.11 bits per heavy atom. The first kappa shape index (κ1) is 16.9. The van der Waals surface area contributed by atoms with Crippen LogP contribution in [0.1, 0.15) is 18.9 Å². The molecule has 0 saturated heterocycles. The fraction of sp³-hybridized carbons (Fsp3) is 0.538. The Bertz CT molecular complexity index is 391. The summed E-state index contributed by atoms with van der Waals surface area (Å²) in [6, 6.07) is 3.90. The van der Waals surface area contributed by atoms with Gasteiger partial charge in [-0.05, 0) is 56.0 Å². The number of aliphatic hydroxyl groups excluding tert-OH is 2. The number of nitrogens with one attached hydrogen (secondary N) is 1. The smallest absolute Gasteiger partial charge is 0.147 e. The molecule has 0 spiro atoms. The first-order valence-electron chi connectivity index (χ1n) is 6.00. The van der Waals surface area contributed by atoms with E-state index in [2.05, 4.69) is 37.2 Å². The van der Waals surface area contributed by atoms with Crippen LogP contribution in [0.5, 0.6) is 5.75 Å². The maximum atomic E-state index is 9.38. The van der Waals surface area contributed by atoms with Gasteiger partial charge in [0, 0.05) is 6.54 Å². The predicted octanol–water partition coefficient (Wildman–Crippen LogP) is 2.44. The van der Waals surface area contributed by atoms with Crippen LogP contribution in [0.25, 0.3) is 0 Å². The van der Waals surface area contributed by atoms with Gasteiger partial charge in [-0.3, -0.25) is 0 Å². The lowest BCUT2D eigenvalue weighted by atomic mass is 9.98. The van der Waals surface area contributed by atoms with Crippen molar-refractivity contribution in [2.45, 2.75) is 25.4 Å². The zero-order valence-corrected chi connectivity index (χ0v) is 14.2. The molecule has 0 amide bonds. The van der Waals surface area contributed by atoms with E-state index in [1.54, 1.807) is 7.11 Å². The maximum absolute atomic E-state index is 9.38. The molecule has 6 heteroatoms. The molecule has 19 heavy (non-hydrogen) atoms. The average molecular weight is 397 g/mol. The highest BCUT2D eigenvalue weighted by molar-refractivity contribution is 9.11. The molecular formula is C13H19Br2NO3. The summed E-state index contributed by atoms with van der Waals surface area (Å²) in [5, 5.41) is 22.0.